The van der Waals surface area contributed by atoms with E-state index in [1.165, 1.54) is 0 Å². The molecule has 0 spiro atoms. The Bertz CT molecular complexity index is 514. The molecule has 6 heteroatoms. The maximum Gasteiger partial charge on any atom is 0.238 e. The minimum absolute atomic E-state index is 0.0283. The van der Waals surface area contributed by atoms with Gasteiger partial charge in [0.15, 0.2) is 0 Å². The molecule has 0 aromatic heterocycles. The Hall–Kier alpha value is -1.63. The first-order valence-electron chi connectivity index (χ1n) is 8.33. The van der Waals surface area contributed by atoms with Crippen molar-refractivity contribution in [3.05, 3.63) is 29.8 Å². The van der Waals surface area contributed by atoms with Crippen LogP contribution in [-0.4, -0.2) is 37.3 Å². The quantitative estimate of drug-likeness (QED) is 0.733. The van der Waals surface area contributed by atoms with E-state index in [4.69, 9.17) is 9.47 Å². The monoisotopic (exact) mass is 319 g/mol. The summed E-state index contributed by atoms with van der Waals surface area (Å²) in [6.07, 6.45) is 3.23. The molecule has 23 heavy (non-hydrogen) atoms. The van der Waals surface area contributed by atoms with Gasteiger partial charge in [0, 0.05) is 19.2 Å². The van der Waals surface area contributed by atoms with Gasteiger partial charge in [-0.05, 0) is 43.9 Å². The van der Waals surface area contributed by atoms with Gasteiger partial charge in [-0.1, -0.05) is 12.1 Å². The number of hydrazine groups is 1. The van der Waals surface area contributed by atoms with Crippen molar-refractivity contribution in [1.82, 2.24) is 16.2 Å². The lowest BCUT2D eigenvalue weighted by Crippen LogP contribution is -2.43. The van der Waals surface area contributed by atoms with Crippen molar-refractivity contribution >= 4 is 5.91 Å². The van der Waals surface area contributed by atoms with E-state index < -0.39 is 0 Å². The van der Waals surface area contributed by atoms with Gasteiger partial charge in [-0.3, -0.25) is 10.2 Å². The highest BCUT2D eigenvalue weighted by atomic mass is 16.5. The van der Waals surface area contributed by atoms with Gasteiger partial charge in [-0.2, -0.15) is 0 Å². The lowest BCUT2D eigenvalue weighted by molar-refractivity contribution is -0.123. The van der Waals surface area contributed by atoms with E-state index >= 15 is 0 Å². The van der Waals surface area contributed by atoms with Gasteiger partial charge < -0.3 is 14.8 Å². The van der Waals surface area contributed by atoms with Crippen LogP contribution < -0.4 is 20.9 Å². The van der Waals surface area contributed by atoms with Crippen molar-refractivity contribution < 1.29 is 14.3 Å². The largest absolute Gasteiger partial charge is 0.491 e. The summed E-state index contributed by atoms with van der Waals surface area (Å²) in [6.45, 7) is 4.03. The molecule has 2 aliphatic rings. The van der Waals surface area contributed by atoms with Crippen molar-refractivity contribution in [2.24, 2.45) is 0 Å². The van der Waals surface area contributed by atoms with Crippen LogP contribution in [0.15, 0.2) is 24.3 Å². The summed E-state index contributed by atoms with van der Waals surface area (Å²) in [4.78, 5) is 12.0. The fourth-order valence-corrected chi connectivity index (χ4v) is 2.87. The Labute approximate surface area is 136 Å². The number of hydrogen-bond donors (Lipinski definition) is 3. The molecule has 0 radical (unpaired) electrons. The molecule has 1 aromatic carbocycles. The molecule has 126 valence electrons. The third-order valence-electron chi connectivity index (χ3n) is 4.26. The van der Waals surface area contributed by atoms with E-state index in [0.29, 0.717) is 19.2 Å². The number of ether oxygens (including phenoxy) is 2. The first-order chi connectivity index (χ1) is 11.2. The third kappa shape index (κ3) is 4.67. The molecule has 2 aliphatic heterocycles. The van der Waals surface area contributed by atoms with Crippen LogP contribution in [0.4, 0.5) is 0 Å². The Kier molecular flexibility index (Phi) is 5.48. The zero-order valence-corrected chi connectivity index (χ0v) is 13.5. The average Bonchev–Trinajstić information content (AvgIpc) is 3.23. The summed E-state index contributed by atoms with van der Waals surface area (Å²) in [5, 5.41) is 2.96. The molecule has 3 unspecified atom stereocenters. The van der Waals surface area contributed by atoms with Crippen LogP contribution in [0.1, 0.15) is 31.7 Å². The van der Waals surface area contributed by atoms with Crippen LogP contribution in [0, 0.1) is 0 Å². The number of hydrogen-bond acceptors (Lipinski definition) is 5. The van der Waals surface area contributed by atoms with Crippen LogP contribution in [-0.2, 0) is 16.1 Å². The van der Waals surface area contributed by atoms with Crippen LogP contribution in [0.2, 0.25) is 0 Å². The summed E-state index contributed by atoms with van der Waals surface area (Å²) in [5.41, 5.74) is 7.11. The fraction of sp³-hybridized carbons (Fsp3) is 0.588. The second-order valence-electron chi connectivity index (χ2n) is 6.29. The maximum absolute atomic E-state index is 12.0. The molecule has 0 saturated carbocycles. The van der Waals surface area contributed by atoms with Crippen molar-refractivity contribution in [1.29, 1.82) is 0 Å². The summed E-state index contributed by atoms with van der Waals surface area (Å²) in [5.74, 6) is 0.867. The Morgan fingerprint density at radius 2 is 2.17 bits per heavy atom. The summed E-state index contributed by atoms with van der Waals surface area (Å²) < 4.78 is 11.3. The van der Waals surface area contributed by atoms with Gasteiger partial charge in [0.2, 0.25) is 5.91 Å². The van der Waals surface area contributed by atoms with Gasteiger partial charge >= 0.3 is 0 Å². The van der Waals surface area contributed by atoms with E-state index in [1.54, 1.807) is 0 Å². The van der Waals surface area contributed by atoms with Crippen LogP contribution in [0.25, 0.3) is 0 Å². The van der Waals surface area contributed by atoms with Crippen molar-refractivity contribution in [3.63, 3.8) is 0 Å². The summed E-state index contributed by atoms with van der Waals surface area (Å²) >= 11 is 0. The number of amides is 1. The molecular weight excluding hydrogens is 294 g/mol. The van der Waals surface area contributed by atoms with E-state index in [1.807, 2.05) is 24.3 Å². The van der Waals surface area contributed by atoms with Gasteiger partial charge in [-0.15, -0.1) is 0 Å². The zero-order valence-electron chi connectivity index (χ0n) is 13.5. The van der Waals surface area contributed by atoms with Crippen molar-refractivity contribution in [2.45, 2.75) is 50.9 Å². The van der Waals surface area contributed by atoms with Crippen molar-refractivity contribution in [2.75, 3.05) is 13.2 Å². The van der Waals surface area contributed by atoms with E-state index in [-0.39, 0.29) is 18.1 Å². The number of carbonyl (C=O) groups excluding carboxylic acids is 1. The van der Waals surface area contributed by atoms with E-state index in [2.05, 4.69) is 23.1 Å². The zero-order chi connectivity index (χ0) is 16.1. The minimum Gasteiger partial charge on any atom is -0.491 e. The first kappa shape index (κ1) is 16.2. The smallest absolute Gasteiger partial charge is 0.238 e. The molecular formula is C17H25N3O3. The first-order valence-corrected chi connectivity index (χ1v) is 8.33. The second kappa shape index (κ2) is 7.77. The predicted octanol–water partition coefficient (Wildman–Crippen LogP) is 1.12. The lowest BCUT2D eigenvalue weighted by Gasteiger charge is -2.13. The highest BCUT2D eigenvalue weighted by molar-refractivity contribution is 5.82. The Morgan fingerprint density at radius 1 is 1.35 bits per heavy atom. The van der Waals surface area contributed by atoms with Crippen molar-refractivity contribution in [3.8, 4) is 5.75 Å². The maximum atomic E-state index is 12.0. The molecule has 2 heterocycles. The predicted molar refractivity (Wildman–Crippen MR) is 86.9 cm³/mol. The number of carbonyl (C=O) groups is 1. The van der Waals surface area contributed by atoms with E-state index in [0.717, 1.165) is 37.2 Å². The molecule has 3 atom stereocenters. The fourth-order valence-electron chi connectivity index (χ4n) is 2.87. The SMILES string of the molecule is CC1CC(C(=O)NCc2ccc(OCC3CCCO3)cc2)NN1. The molecule has 1 aromatic rings. The molecule has 1 amide bonds. The number of rotatable bonds is 6. The Morgan fingerprint density at radius 3 is 2.83 bits per heavy atom. The standard InChI is InChI=1S/C17H25N3O3/c1-12-9-16(20-19-12)17(21)18-10-13-4-6-14(7-5-13)23-11-15-3-2-8-22-15/h4-7,12,15-16,19-20H,2-3,8-11H2,1H3,(H,18,21). The minimum atomic E-state index is -0.154. The summed E-state index contributed by atoms with van der Waals surface area (Å²) in [6, 6.07) is 8.01. The van der Waals surface area contributed by atoms with Crippen LogP contribution in [0.5, 0.6) is 5.75 Å². The van der Waals surface area contributed by atoms with Crippen LogP contribution in [0.3, 0.4) is 0 Å². The normalized spacial score (nSPS) is 27.1. The third-order valence-corrected chi connectivity index (χ3v) is 4.26. The number of nitrogens with one attached hydrogen (secondary N) is 3. The number of benzene rings is 1. The van der Waals surface area contributed by atoms with E-state index in [9.17, 15) is 4.79 Å². The summed E-state index contributed by atoms with van der Waals surface area (Å²) in [7, 11) is 0. The molecule has 0 aliphatic carbocycles. The molecule has 6 nitrogen and oxygen atoms in total. The lowest BCUT2D eigenvalue weighted by atomic mass is 10.1. The molecule has 2 fully saturated rings. The second-order valence-corrected chi connectivity index (χ2v) is 6.29. The molecule has 3 rings (SSSR count). The van der Waals surface area contributed by atoms with Gasteiger partial charge in [-0.25, -0.2) is 5.43 Å². The topological polar surface area (TPSA) is 71.6 Å². The highest BCUT2D eigenvalue weighted by Crippen LogP contribution is 2.16. The highest BCUT2D eigenvalue weighted by Gasteiger charge is 2.26. The molecule has 3 N–H and O–H groups in total. The average molecular weight is 319 g/mol. The van der Waals surface area contributed by atoms with Gasteiger partial charge in [0.1, 0.15) is 18.4 Å². The van der Waals surface area contributed by atoms with Gasteiger partial charge in [0.05, 0.1) is 6.10 Å². The van der Waals surface area contributed by atoms with Crippen LogP contribution >= 0.6 is 0 Å². The molecule has 0 bridgehead atoms. The van der Waals surface area contributed by atoms with Gasteiger partial charge in [0.25, 0.3) is 0 Å². The Balaban J connectivity index is 1.41. The molecule has 2 saturated heterocycles.